The number of ether oxygens (including phenoxy) is 3. The number of sulfonamides is 1. The number of nitro groups is 1. The monoisotopic (exact) mass is 1070 g/mol. The van der Waals surface area contributed by atoms with Crippen LogP contribution in [0.1, 0.15) is 153 Å². The highest BCUT2D eigenvalue weighted by atomic mass is 32.2. The molecule has 3 aromatic rings. The third kappa shape index (κ3) is 15.5. The molecule has 1 heterocycles. The van der Waals surface area contributed by atoms with Crippen molar-refractivity contribution in [2.75, 3.05) is 38.2 Å². The largest absolute Gasteiger partial charge is 0.460 e. The summed E-state index contributed by atoms with van der Waals surface area (Å²) >= 11 is 0. The Morgan fingerprint density at radius 3 is 2.20 bits per heavy atom. The van der Waals surface area contributed by atoms with Gasteiger partial charge in [0.1, 0.15) is 18.1 Å². The van der Waals surface area contributed by atoms with Crippen LogP contribution < -0.4 is 20.1 Å². The number of allylic oxidation sites excluding steroid dienone is 1. The van der Waals surface area contributed by atoms with E-state index >= 15 is 8.42 Å². The number of anilines is 1. The van der Waals surface area contributed by atoms with Crippen LogP contribution in [0.5, 0.6) is 11.5 Å². The number of unbranched alkanes of at least 4 members (excludes halogenated alkanes) is 11. The number of non-ortho nitro benzene ring substituents is 1. The molecular formula is C58H81N5O12S. The van der Waals surface area contributed by atoms with Gasteiger partial charge in [0, 0.05) is 68.9 Å². The molecule has 6 atom stereocenters. The first-order valence-electron chi connectivity index (χ1n) is 27.6. The van der Waals surface area contributed by atoms with Gasteiger partial charge in [-0.25, -0.2) is 13.2 Å². The van der Waals surface area contributed by atoms with Gasteiger partial charge in [-0.05, 0) is 116 Å². The van der Waals surface area contributed by atoms with Gasteiger partial charge in [-0.3, -0.25) is 14.9 Å². The molecule has 18 heteroatoms. The molecule has 1 saturated carbocycles. The standard InChI is InChI=1S/C58H81N5O12S/c1-5-8-9-10-11-12-13-14-15-18-33-59-57(67)74-47-29-32-53-51(39-47)55-49(22-17-20-36-65)44(21-16-19-35-64)38-50-52(61-73-41-43-23-27-46(28-24-43)63(68)69)40-54(58(75-53,56(50)55)72-37-7-3)62(34-6-2)76(70,71)48-30-25-45(26-31-48)60-42(4)66/h7,23-32,38-39,44,49,54-56,64-65H,3,5-6,8-22,33-37,40-41H2,1-2,4H3,(H,59,67)(H,60,66)/t44-,49+,54-,55+,56+,58+/m0/s1. The summed E-state index contributed by atoms with van der Waals surface area (Å²) in [5.41, 5.74) is 2.92. The maximum absolute atomic E-state index is 15.4. The summed E-state index contributed by atoms with van der Waals surface area (Å²) in [5.74, 6) is -2.75. The van der Waals surface area contributed by atoms with Gasteiger partial charge in [0.25, 0.3) is 5.69 Å². The fourth-order valence-electron chi connectivity index (χ4n) is 11.2. The zero-order valence-corrected chi connectivity index (χ0v) is 45.6. The van der Waals surface area contributed by atoms with Crippen molar-refractivity contribution in [2.24, 2.45) is 22.9 Å². The van der Waals surface area contributed by atoms with Crippen LogP contribution in [0.4, 0.5) is 16.2 Å². The minimum Gasteiger partial charge on any atom is -0.460 e. The van der Waals surface area contributed by atoms with E-state index in [1.807, 2.05) is 13.0 Å². The first-order valence-corrected chi connectivity index (χ1v) is 29.0. The minimum absolute atomic E-state index is 0.00397. The molecule has 0 bridgehead atoms. The number of carbonyl (C=O) groups excluding carboxylic acids is 2. The number of hydrogen-bond donors (Lipinski definition) is 4. The van der Waals surface area contributed by atoms with Gasteiger partial charge in [0.2, 0.25) is 21.7 Å². The second-order valence-electron chi connectivity index (χ2n) is 20.3. The summed E-state index contributed by atoms with van der Waals surface area (Å²) in [5, 5.41) is 42.0. The number of aliphatic hydroxyl groups excluding tert-OH is 2. The number of nitrogens with one attached hydrogen (secondary N) is 2. The lowest BCUT2D eigenvalue weighted by atomic mass is 9.55. The van der Waals surface area contributed by atoms with Gasteiger partial charge in [0.05, 0.1) is 34.1 Å². The zero-order chi connectivity index (χ0) is 54.5. The number of nitro benzene ring substituents is 1. The first kappa shape index (κ1) is 59.6. The lowest BCUT2D eigenvalue weighted by Gasteiger charge is -2.59. The molecule has 2 aliphatic carbocycles. The molecule has 0 saturated heterocycles. The minimum atomic E-state index is -4.37. The van der Waals surface area contributed by atoms with Crippen molar-refractivity contribution in [3.05, 3.63) is 112 Å². The molecule has 1 fully saturated rings. The van der Waals surface area contributed by atoms with Crippen molar-refractivity contribution in [1.82, 2.24) is 9.62 Å². The van der Waals surface area contributed by atoms with Crippen molar-refractivity contribution in [1.29, 1.82) is 0 Å². The van der Waals surface area contributed by atoms with E-state index in [9.17, 15) is 29.9 Å². The number of aliphatic hydroxyl groups is 2. The van der Waals surface area contributed by atoms with Crippen LogP contribution in [-0.4, -0.2) is 90.3 Å². The van der Waals surface area contributed by atoms with Gasteiger partial charge in [-0.2, -0.15) is 4.31 Å². The van der Waals surface area contributed by atoms with E-state index in [1.54, 1.807) is 42.5 Å². The Morgan fingerprint density at radius 2 is 1.57 bits per heavy atom. The van der Waals surface area contributed by atoms with Crippen LogP contribution >= 0.6 is 0 Å². The Hall–Kier alpha value is -5.66. The van der Waals surface area contributed by atoms with Crippen molar-refractivity contribution in [3.63, 3.8) is 0 Å². The van der Waals surface area contributed by atoms with Gasteiger partial charge < -0.3 is 39.9 Å². The fourth-order valence-corrected chi connectivity index (χ4v) is 13.0. The van der Waals surface area contributed by atoms with Crippen LogP contribution in [0.15, 0.2) is 101 Å². The van der Waals surface area contributed by atoms with Crippen LogP contribution in [0.25, 0.3) is 0 Å². The number of carbonyl (C=O) groups is 2. The molecule has 2 amide bonds. The summed E-state index contributed by atoms with van der Waals surface area (Å²) in [4.78, 5) is 42.5. The summed E-state index contributed by atoms with van der Waals surface area (Å²) < 4.78 is 52.6. The van der Waals surface area contributed by atoms with Crippen molar-refractivity contribution in [3.8, 4) is 11.5 Å². The van der Waals surface area contributed by atoms with Gasteiger partial charge >= 0.3 is 6.09 Å². The molecular weight excluding hydrogens is 991 g/mol. The number of fused-ring (bicyclic) bond motifs is 2. The van der Waals surface area contributed by atoms with E-state index in [1.165, 1.54) is 80.4 Å². The second-order valence-corrected chi connectivity index (χ2v) is 22.2. The lowest BCUT2D eigenvalue weighted by molar-refractivity contribution is -0.384. The normalized spacial score (nSPS) is 21.2. The predicted octanol–water partition coefficient (Wildman–Crippen LogP) is 11.5. The highest BCUT2D eigenvalue weighted by Gasteiger charge is 2.66. The molecule has 0 spiro atoms. The highest BCUT2D eigenvalue weighted by Crippen LogP contribution is 2.62. The SMILES string of the molecule is C=CCO[C@@]12Oc3ccc(OC(=O)NCCCCCCCCCCCC)cc3[C@H]3[C@H](CCCCO)[C@@H](CCCCO)C=C(C(=NOCc4ccc([N+](=O)[O-])cc4)C[C@@H]1N(CCC)S(=O)(=O)c1ccc(NC(C)=O)cc1)[C@H]32. The number of nitrogens with zero attached hydrogens (tertiary/aromatic N) is 3. The van der Waals surface area contributed by atoms with Crippen molar-refractivity contribution < 1.29 is 52.2 Å². The summed E-state index contributed by atoms with van der Waals surface area (Å²) in [6.45, 7) is 9.96. The van der Waals surface area contributed by atoms with Crippen molar-refractivity contribution >= 4 is 39.1 Å². The van der Waals surface area contributed by atoms with Crippen LogP contribution in [0.2, 0.25) is 0 Å². The molecule has 0 aromatic heterocycles. The van der Waals surface area contributed by atoms with Gasteiger partial charge in [0.15, 0.2) is 0 Å². The maximum Gasteiger partial charge on any atom is 0.412 e. The maximum atomic E-state index is 15.4. The number of amides is 2. The van der Waals surface area contributed by atoms with E-state index in [-0.39, 0.29) is 67.7 Å². The van der Waals surface area contributed by atoms with E-state index in [0.29, 0.717) is 80.0 Å². The van der Waals surface area contributed by atoms with Crippen LogP contribution in [-0.2, 0) is 31.0 Å². The third-order valence-electron chi connectivity index (χ3n) is 14.8. The molecule has 416 valence electrons. The molecule has 0 radical (unpaired) electrons. The molecule has 76 heavy (non-hydrogen) atoms. The van der Waals surface area contributed by atoms with Crippen LogP contribution in [0.3, 0.4) is 0 Å². The molecule has 4 N–H and O–H groups in total. The van der Waals surface area contributed by atoms with Crippen LogP contribution in [0, 0.1) is 27.9 Å². The Balaban J connectivity index is 1.45. The Bertz CT molecular complexity index is 2540. The summed E-state index contributed by atoms with van der Waals surface area (Å²) in [6.07, 6.45) is 19.2. The summed E-state index contributed by atoms with van der Waals surface area (Å²) in [7, 11) is -4.37. The average Bonchev–Trinajstić information content (AvgIpc) is 3.41. The molecule has 0 unspecified atom stereocenters. The second kappa shape index (κ2) is 29.7. The highest BCUT2D eigenvalue weighted by molar-refractivity contribution is 7.89. The van der Waals surface area contributed by atoms with E-state index in [2.05, 4.69) is 30.2 Å². The molecule has 6 rings (SSSR count). The molecule has 1 aliphatic heterocycles. The number of benzene rings is 3. The number of rotatable bonds is 33. The Labute approximate surface area is 449 Å². The first-order chi connectivity index (χ1) is 36.8. The van der Waals surface area contributed by atoms with E-state index < -0.39 is 44.7 Å². The predicted molar refractivity (Wildman–Crippen MR) is 294 cm³/mol. The third-order valence-corrected chi connectivity index (χ3v) is 16.7. The zero-order valence-electron chi connectivity index (χ0n) is 44.8. The Morgan fingerprint density at radius 1 is 0.895 bits per heavy atom. The van der Waals surface area contributed by atoms with Gasteiger partial charge in [-0.15, -0.1) is 6.58 Å². The smallest absolute Gasteiger partial charge is 0.412 e. The van der Waals surface area contributed by atoms with E-state index in [4.69, 9.17) is 24.2 Å². The Kier molecular flexibility index (Phi) is 23.3. The molecule has 3 aliphatic rings. The summed E-state index contributed by atoms with van der Waals surface area (Å²) in [6, 6.07) is 16.2. The van der Waals surface area contributed by atoms with Crippen molar-refractivity contribution in [2.45, 2.75) is 166 Å². The number of oxime groups is 1. The fraction of sp³-hybridized carbons (Fsp3) is 0.569. The lowest BCUT2D eigenvalue weighted by Crippen LogP contribution is -2.70. The van der Waals surface area contributed by atoms with Gasteiger partial charge in [-0.1, -0.05) is 102 Å². The molecule has 3 aromatic carbocycles. The average molecular weight is 1070 g/mol. The number of hydrogen-bond acceptors (Lipinski definition) is 13. The molecule has 17 nitrogen and oxygen atoms in total. The topological polar surface area (TPSA) is 228 Å². The van der Waals surface area contributed by atoms with E-state index in [0.717, 1.165) is 30.4 Å². The quantitative estimate of drug-likeness (QED) is 0.0193.